The number of nitrogens with zero attached hydrogens (tertiary/aromatic N) is 1. The highest BCUT2D eigenvalue weighted by molar-refractivity contribution is 5.94. The number of allylic oxidation sites excluding steroid dienone is 1. The summed E-state index contributed by atoms with van der Waals surface area (Å²) in [6.07, 6.45) is 1.24. The molecule has 0 radical (unpaired) electrons. The number of quaternary nitrogens is 1. The van der Waals surface area contributed by atoms with Gasteiger partial charge in [0, 0.05) is 24.6 Å². The molecular weight excluding hydrogens is 676 g/mol. The number of esters is 1. The monoisotopic (exact) mass is 725 g/mol. The van der Waals surface area contributed by atoms with Gasteiger partial charge in [0.1, 0.15) is 43.2 Å². The number of aliphatic carboxylic acids is 1. The van der Waals surface area contributed by atoms with E-state index in [1.54, 1.807) is 12.2 Å². The van der Waals surface area contributed by atoms with E-state index in [4.69, 9.17) is 29.8 Å². The average Bonchev–Trinajstić information content (AvgIpc) is 3.61. The first-order valence-corrected chi connectivity index (χ1v) is 16.8. The minimum Gasteiger partial charge on any atom is -0.477 e. The molecule has 3 heterocycles. The molecule has 12 N–H and O–H groups in total. The molecular formula is C33H49N4O14+. The van der Waals surface area contributed by atoms with Crippen LogP contribution in [0.15, 0.2) is 64.7 Å². The normalized spacial score (nSPS) is 31.5. The molecule has 4 rings (SSSR count). The summed E-state index contributed by atoms with van der Waals surface area (Å²) in [5.41, 5.74) is 6.48. The number of hydrogen-bond acceptors (Lipinski definition) is 14. The van der Waals surface area contributed by atoms with Gasteiger partial charge in [-0.05, 0) is 32.1 Å². The fraction of sp³-hybridized carbons (Fsp3) is 0.606. The van der Waals surface area contributed by atoms with Gasteiger partial charge in [0.05, 0.1) is 36.7 Å². The third-order valence-electron chi connectivity index (χ3n) is 9.11. The van der Waals surface area contributed by atoms with Crippen molar-refractivity contribution in [1.82, 2.24) is 5.32 Å². The highest BCUT2D eigenvalue weighted by atomic mass is 16.8. The molecule has 0 spiro atoms. The standard InChI is InChI=1S/C33H48N4O14/c1-2-20-21(9-8-18-14-37(11-13-39)15-22(28(43)44)25(18)36-32(34)35-10-5-12-38)23(29(45)49-19-6-3-4-7-19)17-48-30(20)51-31-27(42)33(46,47)26(41)24(16-40)50-31/h2,8-9,15,17,19-21,24,26-27,30-31,38-42,46-47H,1,3-7,10-14,16H2,(H,43,44)(H3,34,35,36)/p+1. The van der Waals surface area contributed by atoms with E-state index in [0.717, 1.165) is 19.1 Å². The number of ether oxygens (including phenoxy) is 4. The smallest absolute Gasteiger partial charge is 0.343 e. The first kappa shape index (κ1) is 40.1. The number of nitrogens with two attached hydrogens (primary N) is 1. The van der Waals surface area contributed by atoms with Gasteiger partial charge in [-0.15, -0.1) is 6.58 Å². The lowest BCUT2D eigenvalue weighted by Crippen LogP contribution is -3.09. The van der Waals surface area contributed by atoms with Crippen LogP contribution in [0.4, 0.5) is 0 Å². The molecule has 51 heavy (non-hydrogen) atoms. The van der Waals surface area contributed by atoms with Crippen molar-refractivity contribution in [2.75, 3.05) is 39.5 Å². The van der Waals surface area contributed by atoms with Gasteiger partial charge in [-0.25, -0.2) is 9.59 Å². The van der Waals surface area contributed by atoms with E-state index in [1.165, 1.54) is 12.3 Å². The summed E-state index contributed by atoms with van der Waals surface area (Å²) in [5, 5.41) is 82.9. The predicted octanol–water partition coefficient (Wildman–Crippen LogP) is -3.78. The zero-order valence-electron chi connectivity index (χ0n) is 28.0. The van der Waals surface area contributed by atoms with E-state index >= 15 is 0 Å². The topological polar surface area (TPSA) is 288 Å². The third-order valence-corrected chi connectivity index (χ3v) is 9.11. The molecule has 284 valence electrons. The van der Waals surface area contributed by atoms with Gasteiger partial charge in [0.2, 0.25) is 12.1 Å². The molecule has 8 unspecified atom stereocenters. The Balaban J connectivity index is 1.74. The van der Waals surface area contributed by atoms with E-state index in [1.807, 2.05) is 0 Å². The molecule has 8 atom stereocenters. The summed E-state index contributed by atoms with van der Waals surface area (Å²) in [4.78, 5) is 30.7. The second-order valence-electron chi connectivity index (χ2n) is 12.7. The number of rotatable bonds is 15. The Morgan fingerprint density at radius 2 is 1.86 bits per heavy atom. The summed E-state index contributed by atoms with van der Waals surface area (Å²) in [5.74, 6) is -7.06. The fourth-order valence-electron chi connectivity index (χ4n) is 6.31. The molecule has 4 aliphatic rings. The molecule has 1 aliphatic carbocycles. The quantitative estimate of drug-likeness (QED) is 0.0193. The van der Waals surface area contributed by atoms with Gasteiger partial charge >= 0.3 is 11.9 Å². The maximum absolute atomic E-state index is 13.6. The Labute approximate surface area is 294 Å². The van der Waals surface area contributed by atoms with Crippen LogP contribution < -0.4 is 16.0 Å². The number of aliphatic hydroxyl groups excluding tert-OH is 5. The second-order valence-corrected chi connectivity index (χ2v) is 12.7. The van der Waals surface area contributed by atoms with E-state index in [9.17, 15) is 45.3 Å². The zero-order chi connectivity index (χ0) is 37.3. The Kier molecular flexibility index (Phi) is 14.3. The number of hydrogen-bond donors (Lipinski definition) is 11. The largest absolute Gasteiger partial charge is 0.477 e. The lowest BCUT2D eigenvalue weighted by atomic mass is 9.83. The van der Waals surface area contributed by atoms with Gasteiger partial charge in [-0.2, -0.15) is 0 Å². The van der Waals surface area contributed by atoms with E-state index in [2.05, 4.69) is 16.9 Å². The predicted molar refractivity (Wildman–Crippen MR) is 175 cm³/mol. The average molecular weight is 726 g/mol. The van der Waals surface area contributed by atoms with Crippen LogP contribution >= 0.6 is 0 Å². The molecule has 3 aliphatic heterocycles. The van der Waals surface area contributed by atoms with Gasteiger partial charge < -0.3 is 75.8 Å². The summed E-state index contributed by atoms with van der Waals surface area (Å²) >= 11 is 0. The van der Waals surface area contributed by atoms with Crippen LogP contribution in [0.25, 0.3) is 0 Å². The summed E-state index contributed by atoms with van der Waals surface area (Å²) in [6, 6.07) is 0. The number of carbonyl (C=O) groups excluding carboxylic acids is 1. The summed E-state index contributed by atoms with van der Waals surface area (Å²) < 4.78 is 22.8. The van der Waals surface area contributed by atoms with E-state index in [0.29, 0.717) is 29.7 Å². The Morgan fingerprint density at radius 3 is 2.49 bits per heavy atom. The van der Waals surface area contributed by atoms with Crippen molar-refractivity contribution in [3.05, 3.63) is 59.7 Å². The number of aliphatic imine (C=N–C) groups is 1. The lowest BCUT2D eigenvalue weighted by Gasteiger charge is -2.46. The van der Waals surface area contributed by atoms with Crippen molar-refractivity contribution in [3.63, 3.8) is 0 Å². The molecule has 18 heteroatoms. The van der Waals surface area contributed by atoms with Crippen LogP contribution in [0.2, 0.25) is 0 Å². The van der Waals surface area contributed by atoms with Gasteiger partial charge in [-0.1, -0.05) is 18.2 Å². The van der Waals surface area contributed by atoms with Crippen LogP contribution in [0.5, 0.6) is 0 Å². The first-order valence-electron chi connectivity index (χ1n) is 16.8. The van der Waals surface area contributed by atoms with Crippen LogP contribution in [0.3, 0.4) is 0 Å². The zero-order valence-corrected chi connectivity index (χ0v) is 28.0. The van der Waals surface area contributed by atoms with Crippen molar-refractivity contribution in [3.8, 4) is 0 Å². The fourth-order valence-corrected chi connectivity index (χ4v) is 6.31. The van der Waals surface area contributed by atoms with E-state index in [-0.39, 0.29) is 61.8 Å². The molecule has 2 fully saturated rings. The van der Waals surface area contributed by atoms with Gasteiger partial charge in [0.25, 0.3) is 0 Å². The molecule has 18 nitrogen and oxygen atoms in total. The van der Waals surface area contributed by atoms with E-state index < -0.39 is 67.1 Å². The lowest BCUT2D eigenvalue weighted by molar-refractivity contribution is -0.843. The molecule has 0 bridgehead atoms. The number of aliphatic hydroxyl groups is 7. The maximum Gasteiger partial charge on any atom is 0.343 e. The number of nitrogens with one attached hydrogen (secondary N) is 2. The minimum atomic E-state index is -3.13. The Morgan fingerprint density at radius 1 is 1.14 bits per heavy atom. The van der Waals surface area contributed by atoms with Crippen LogP contribution in [-0.4, -0.2) is 141 Å². The summed E-state index contributed by atoms with van der Waals surface area (Å²) in [7, 11) is 0. The molecule has 0 aromatic carbocycles. The van der Waals surface area contributed by atoms with Crippen molar-refractivity contribution in [1.29, 1.82) is 0 Å². The minimum absolute atomic E-state index is 0.0555. The van der Waals surface area contributed by atoms with Crippen molar-refractivity contribution in [2.24, 2.45) is 22.6 Å². The molecule has 0 aromatic heterocycles. The number of guanidine groups is 1. The molecule has 0 amide bonds. The number of carboxylic acids is 1. The van der Waals surface area contributed by atoms with Crippen LogP contribution in [-0.2, 0) is 28.5 Å². The SMILES string of the molecule is C=CC1C(OC2OC(CO)C(O)C(O)(O)C2O)OC=C(C(=O)OC2CCCC2)C1C=CC1=C(NC(N)=NCCCO)C(C(=O)O)=C[NH+](CCO)C1. The first-order chi connectivity index (χ1) is 24.4. The van der Waals surface area contributed by atoms with Crippen LogP contribution in [0.1, 0.15) is 32.1 Å². The molecule has 1 saturated carbocycles. The Hall–Kier alpha value is -3.69. The molecule has 0 aromatic rings. The summed E-state index contributed by atoms with van der Waals surface area (Å²) in [6.45, 7) is 3.19. The van der Waals surface area contributed by atoms with Gasteiger partial charge in [0.15, 0.2) is 18.4 Å². The highest BCUT2D eigenvalue weighted by Gasteiger charge is 2.56. The van der Waals surface area contributed by atoms with Crippen molar-refractivity contribution in [2.45, 2.75) is 74.9 Å². The maximum atomic E-state index is 13.6. The number of carbonyl (C=O) groups is 2. The van der Waals surface area contributed by atoms with Gasteiger partial charge in [-0.3, -0.25) is 4.99 Å². The number of carboxylic acid groups (broad SMARTS) is 1. The Bertz CT molecular complexity index is 1410. The van der Waals surface area contributed by atoms with Crippen LogP contribution in [0, 0.1) is 11.8 Å². The molecule has 1 saturated heterocycles. The highest BCUT2D eigenvalue weighted by Crippen LogP contribution is 2.38. The van der Waals surface area contributed by atoms with Crippen molar-refractivity contribution >= 4 is 17.9 Å². The van der Waals surface area contributed by atoms with Crippen molar-refractivity contribution < 1.29 is 74.3 Å². The second kappa shape index (κ2) is 18.2. The third kappa shape index (κ3) is 9.60.